The van der Waals surface area contributed by atoms with Gasteiger partial charge in [-0.25, -0.2) is 0 Å². The van der Waals surface area contributed by atoms with Crippen LogP contribution in [0.1, 0.15) is 0 Å². The monoisotopic (exact) mass is 118 g/mol. The van der Waals surface area contributed by atoms with Crippen LogP contribution < -0.4 is 0 Å². The third-order valence-electron chi connectivity index (χ3n) is 0.786. The van der Waals surface area contributed by atoms with E-state index in [0.717, 1.165) is 0 Å². The molecule has 7 heavy (non-hydrogen) atoms. The van der Waals surface area contributed by atoms with Crippen molar-refractivity contribution in [3.63, 3.8) is 0 Å². The fraction of sp³-hybridized carbons (Fsp3) is 0.500. The van der Waals surface area contributed by atoms with Crippen molar-refractivity contribution in [2.24, 2.45) is 0 Å². The number of hydrogen-bond donors (Lipinski definition) is 2. The summed E-state index contributed by atoms with van der Waals surface area (Å²) in [5.74, 6) is 0. The Bertz CT molecular complexity index is 91.7. The van der Waals surface area contributed by atoms with Crippen molar-refractivity contribution >= 4 is 11.8 Å². The van der Waals surface area contributed by atoms with Gasteiger partial charge in [0.2, 0.25) is 0 Å². The Labute approximate surface area is 45.9 Å². The largest absolute Gasteiger partial charge is 0.385 e. The highest BCUT2D eigenvalue weighted by Gasteiger charge is 2.16. The number of thioether (sulfide) groups is 1. The molecule has 40 valence electrons. The van der Waals surface area contributed by atoms with Gasteiger partial charge in [0.15, 0.2) is 0 Å². The Balaban J connectivity index is 2.45. The van der Waals surface area contributed by atoms with Crippen molar-refractivity contribution in [1.29, 1.82) is 0 Å². The topological polar surface area (TPSA) is 40.5 Å². The van der Waals surface area contributed by atoms with E-state index < -0.39 is 11.5 Å². The minimum atomic E-state index is -0.648. The summed E-state index contributed by atoms with van der Waals surface area (Å²) in [4.78, 5) is 0. The van der Waals surface area contributed by atoms with E-state index in [2.05, 4.69) is 0 Å². The Morgan fingerprint density at radius 3 is 2.29 bits per heavy atom. The molecule has 1 aliphatic heterocycles. The first kappa shape index (κ1) is 5.15. The van der Waals surface area contributed by atoms with Crippen LogP contribution in [0.3, 0.4) is 0 Å². The normalized spacial score (nSPS) is 39.7. The molecule has 0 unspecified atom stereocenters. The van der Waals surface area contributed by atoms with Crippen LogP contribution >= 0.6 is 11.8 Å². The minimum Gasteiger partial charge on any atom is -0.385 e. The second-order valence-corrected chi connectivity index (χ2v) is 2.37. The fourth-order valence-corrected chi connectivity index (χ4v) is 1.05. The summed E-state index contributed by atoms with van der Waals surface area (Å²) in [6, 6.07) is 0. The van der Waals surface area contributed by atoms with E-state index in [1.807, 2.05) is 0 Å². The van der Waals surface area contributed by atoms with Gasteiger partial charge in [0.25, 0.3) is 0 Å². The van der Waals surface area contributed by atoms with Gasteiger partial charge in [0.1, 0.15) is 11.5 Å². The summed E-state index contributed by atoms with van der Waals surface area (Å²) in [6.07, 6.45) is 0.917. The average Bonchev–Trinajstić information content (AvgIpc) is 1.91. The maximum absolute atomic E-state index is 8.65. The Kier molecular flexibility index (Phi) is 1.37. The summed E-state index contributed by atoms with van der Waals surface area (Å²) in [7, 11) is 0. The SMILES string of the molecule is O[C@@H]1C=CS[C@@H]1O. The van der Waals surface area contributed by atoms with Crippen molar-refractivity contribution in [2.45, 2.75) is 11.5 Å². The molecule has 2 N–H and O–H groups in total. The molecular formula is C4H6O2S. The van der Waals surface area contributed by atoms with Crippen molar-refractivity contribution in [3.05, 3.63) is 11.5 Å². The van der Waals surface area contributed by atoms with Gasteiger partial charge in [0, 0.05) is 0 Å². The van der Waals surface area contributed by atoms with Gasteiger partial charge >= 0.3 is 0 Å². The lowest BCUT2D eigenvalue weighted by Gasteiger charge is -2.02. The molecule has 3 heteroatoms. The maximum Gasteiger partial charge on any atom is 0.133 e. The van der Waals surface area contributed by atoms with Crippen LogP contribution in [0.25, 0.3) is 0 Å². The molecule has 0 fully saturated rings. The number of rotatable bonds is 0. The lowest BCUT2D eigenvalue weighted by atomic mass is 10.4. The van der Waals surface area contributed by atoms with E-state index in [9.17, 15) is 0 Å². The van der Waals surface area contributed by atoms with Gasteiger partial charge in [-0.1, -0.05) is 11.8 Å². The van der Waals surface area contributed by atoms with E-state index in [1.54, 1.807) is 11.5 Å². The molecule has 0 saturated carbocycles. The summed E-state index contributed by atoms with van der Waals surface area (Å²) >= 11 is 1.23. The highest BCUT2D eigenvalue weighted by atomic mass is 32.2. The van der Waals surface area contributed by atoms with Crippen LogP contribution in [-0.4, -0.2) is 21.8 Å². The molecule has 0 spiro atoms. The van der Waals surface area contributed by atoms with Gasteiger partial charge in [-0.2, -0.15) is 0 Å². The van der Waals surface area contributed by atoms with Gasteiger partial charge in [-0.3, -0.25) is 0 Å². The zero-order valence-electron chi connectivity index (χ0n) is 3.61. The molecule has 0 aromatic heterocycles. The Morgan fingerprint density at radius 1 is 1.43 bits per heavy atom. The zero-order valence-corrected chi connectivity index (χ0v) is 4.43. The molecular weight excluding hydrogens is 112 g/mol. The molecule has 1 aliphatic rings. The smallest absolute Gasteiger partial charge is 0.133 e. The molecule has 0 aliphatic carbocycles. The second-order valence-electron chi connectivity index (χ2n) is 1.35. The Hall–Kier alpha value is 0.01000. The van der Waals surface area contributed by atoms with Gasteiger partial charge in [-0.05, 0) is 11.5 Å². The van der Waals surface area contributed by atoms with Crippen molar-refractivity contribution in [2.75, 3.05) is 0 Å². The molecule has 0 radical (unpaired) electrons. The third-order valence-corrected chi connectivity index (χ3v) is 1.66. The molecule has 1 rings (SSSR count). The second kappa shape index (κ2) is 1.86. The Morgan fingerprint density at radius 2 is 2.14 bits per heavy atom. The predicted molar refractivity (Wildman–Crippen MR) is 28.7 cm³/mol. The van der Waals surface area contributed by atoms with Crippen LogP contribution in [0.15, 0.2) is 11.5 Å². The standard InChI is InChI=1S/C4H6O2S/c5-3-1-2-7-4(3)6/h1-6H/t3-,4+/m1/s1. The summed E-state index contributed by atoms with van der Waals surface area (Å²) in [5, 5.41) is 19.0. The van der Waals surface area contributed by atoms with Crippen LogP contribution in [-0.2, 0) is 0 Å². The quantitative estimate of drug-likeness (QED) is 0.467. The van der Waals surface area contributed by atoms with Gasteiger partial charge in [0.05, 0.1) is 0 Å². The number of hydrogen-bond acceptors (Lipinski definition) is 3. The highest BCUT2D eigenvalue weighted by molar-refractivity contribution is 8.02. The number of aliphatic hydroxyl groups excluding tert-OH is 2. The molecule has 2 nitrogen and oxygen atoms in total. The highest BCUT2D eigenvalue weighted by Crippen LogP contribution is 2.20. The van der Waals surface area contributed by atoms with Gasteiger partial charge in [-0.15, -0.1) is 0 Å². The predicted octanol–water partition coefficient (Wildman–Crippen LogP) is -0.0738. The summed E-state index contributed by atoms with van der Waals surface area (Å²) < 4.78 is 0. The maximum atomic E-state index is 8.65. The first-order valence-corrected chi connectivity index (χ1v) is 2.93. The van der Waals surface area contributed by atoms with E-state index in [0.29, 0.717) is 0 Å². The molecule has 0 saturated heterocycles. The molecule has 0 bridgehead atoms. The van der Waals surface area contributed by atoms with E-state index in [-0.39, 0.29) is 0 Å². The van der Waals surface area contributed by atoms with Gasteiger partial charge < -0.3 is 10.2 Å². The first-order valence-electron chi connectivity index (χ1n) is 1.99. The van der Waals surface area contributed by atoms with E-state index in [1.165, 1.54) is 11.8 Å². The molecule has 0 amide bonds. The van der Waals surface area contributed by atoms with Crippen molar-refractivity contribution in [1.82, 2.24) is 0 Å². The fourth-order valence-electron chi connectivity index (χ4n) is 0.382. The molecule has 0 aromatic rings. The average molecular weight is 118 g/mol. The summed E-state index contributed by atoms with van der Waals surface area (Å²) in [5.41, 5.74) is -0.625. The van der Waals surface area contributed by atoms with Crippen molar-refractivity contribution in [3.8, 4) is 0 Å². The lowest BCUT2D eigenvalue weighted by Crippen LogP contribution is -2.14. The zero-order chi connectivity index (χ0) is 5.28. The van der Waals surface area contributed by atoms with E-state index in [4.69, 9.17) is 10.2 Å². The van der Waals surface area contributed by atoms with Crippen LogP contribution in [0.4, 0.5) is 0 Å². The molecule has 2 atom stereocenters. The molecule has 0 aromatic carbocycles. The van der Waals surface area contributed by atoms with Crippen LogP contribution in [0, 0.1) is 0 Å². The lowest BCUT2D eigenvalue weighted by molar-refractivity contribution is 0.111. The first-order chi connectivity index (χ1) is 3.30. The van der Waals surface area contributed by atoms with Crippen LogP contribution in [0.5, 0.6) is 0 Å². The molecule has 1 heterocycles. The summed E-state index contributed by atoms with van der Waals surface area (Å²) in [6.45, 7) is 0. The third kappa shape index (κ3) is 0.964. The van der Waals surface area contributed by atoms with Crippen LogP contribution in [0.2, 0.25) is 0 Å². The van der Waals surface area contributed by atoms with Crippen molar-refractivity contribution < 1.29 is 10.2 Å². The minimum absolute atomic E-state index is 0.625. The van der Waals surface area contributed by atoms with E-state index >= 15 is 0 Å². The number of aliphatic hydroxyl groups is 2.